The first-order chi connectivity index (χ1) is 8.63. The summed E-state index contributed by atoms with van der Waals surface area (Å²) in [5.74, 6) is 1.17. The molecule has 3 nitrogen and oxygen atoms in total. The van der Waals surface area contributed by atoms with Gasteiger partial charge in [0, 0.05) is 11.9 Å². The fraction of sp³-hybridized carbons (Fsp3) is 1.00. The molecule has 0 aromatic carbocycles. The monoisotopic (exact) mass is 337 g/mol. The third-order valence-electron chi connectivity index (χ3n) is 4.55. The average molecular weight is 338 g/mol. The molecule has 0 heterocycles. The maximum atomic E-state index is 12.1. The molecule has 5 heteroatoms. The fourth-order valence-corrected chi connectivity index (χ4v) is 5.78. The van der Waals surface area contributed by atoms with E-state index in [4.69, 9.17) is 0 Å². The molecule has 0 amide bonds. The van der Waals surface area contributed by atoms with E-state index in [0.29, 0.717) is 18.4 Å². The maximum absolute atomic E-state index is 12.1. The van der Waals surface area contributed by atoms with Crippen LogP contribution in [0.1, 0.15) is 51.4 Å². The second-order valence-electron chi connectivity index (χ2n) is 5.76. The van der Waals surface area contributed by atoms with Gasteiger partial charge in [-0.05, 0) is 37.5 Å². The van der Waals surface area contributed by atoms with Gasteiger partial charge in [-0.25, -0.2) is 13.1 Å². The predicted octanol–water partition coefficient (Wildman–Crippen LogP) is 3.05. The van der Waals surface area contributed by atoms with Gasteiger partial charge >= 0.3 is 0 Å². The summed E-state index contributed by atoms with van der Waals surface area (Å²) in [7, 11) is -3.06. The number of hydrogen-bond acceptors (Lipinski definition) is 2. The largest absolute Gasteiger partial charge is 0.215 e. The van der Waals surface area contributed by atoms with Crippen molar-refractivity contribution < 1.29 is 8.42 Å². The molecule has 2 aliphatic rings. The van der Waals surface area contributed by atoms with Crippen LogP contribution in [0.4, 0.5) is 0 Å². The Morgan fingerprint density at radius 1 is 0.944 bits per heavy atom. The third kappa shape index (κ3) is 3.70. The lowest BCUT2D eigenvalue weighted by atomic mass is 9.80. The van der Waals surface area contributed by atoms with E-state index in [1.165, 1.54) is 25.7 Å². The molecular weight excluding hydrogens is 314 g/mol. The minimum absolute atomic E-state index is 0.122. The molecule has 0 saturated heterocycles. The van der Waals surface area contributed by atoms with E-state index < -0.39 is 10.0 Å². The van der Waals surface area contributed by atoms with Crippen molar-refractivity contribution in [2.75, 3.05) is 11.9 Å². The van der Waals surface area contributed by atoms with Gasteiger partial charge in [0.25, 0.3) is 0 Å². The first-order valence-electron chi connectivity index (χ1n) is 7.18. The van der Waals surface area contributed by atoms with Crippen molar-refractivity contribution in [1.82, 2.24) is 4.72 Å². The summed E-state index contributed by atoms with van der Waals surface area (Å²) in [6.07, 6.45) is 8.79. The summed E-state index contributed by atoms with van der Waals surface area (Å²) in [6.45, 7) is 0.648. The van der Waals surface area contributed by atoms with E-state index >= 15 is 0 Å². The van der Waals surface area contributed by atoms with Crippen molar-refractivity contribution in [2.24, 2.45) is 11.8 Å². The zero-order valence-corrected chi connectivity index (χ0v) is 13.3. The minimum Gasteiger partial charge on any atom is -0.215 e. The molecule has 0 aromatic heterocycles. The fourth-order valence-electron chi connectivity index (χ4n) is 3.30. The zero-order chi connectivity index (χ0) is 13.0. The van der Waals surface area contributed by atoms with Crippen molar-refractivity contribution >= 4 is 26.0 Å². The highest BCUT2D eigenvalue weighted by Gasteiger charge is 2.30. The van der Waals surface area contributed by atoms with Gasteiger partial charge in [0.2, 0.25) is 10.0 Å². The Morgan fingerprint density at radius 3 is 2.11 bits per heavy atom. The Labute approximate surface area is 119 Å². The summed E-state index contributed by atoms with van der Waals surface area (Å²) < 4.78 is 27.2. The Hall–Kier alpha value is 0.390. The number of sulfonamides is 1. The van der Waals surface area contributed by atoms with Crippen LogP contribution >= 0.6 is 15.9 Å². The molecule has 106 valence electrons. The van der Waals surface area contributed by atoms with Gasteiger partial charge in [-0.1, -0.05) is 41.6 Å². The first kappa shape index (κ1) is 14.8. The first-order valence-corrected chi connectivity index (χ1v) is 9.84. The van der Waals surface area contributed by atoms with Crippen LogP contribution in [-0.4, -0.2) is 25.5 Å². The molecule has 0 bridgehead atoms. The quantitative estimate of drug-likeness (QED) is 0.783. The molecule has 0 spiro atoms. The van der Waals surface area contributed by atoms with Gasteiger partial charge in [-0.2, -0.15) is 0 Å². The highest BCUT2D eigenvalue weighted by Crippen LogP contribution is 2.31. The van der Waals surface area contributed by atoms with Crippen molar-refractivity contribution in [3.63, 3.8) is 0 Å². The molecule has 2 atom stereocenters. The lowest BCUT2D eigenvalue weighted by molar-refractivity contribution is 0.263. The average Bonchev–Trinajstić information content (AvgIpc) is 2.91. The number of halogens is 1. The number of alkyl halides is 1. The summed E-state index contributed by atoms with van der Waals surface area (Å²) in [6, 6.07) is 0. The Kier molecular flexibility index (Phi) is 5.51. The van der Waals surface area contributed by atoms with Crippen molar-refractivity contribution in [3.8, 4) is 0 Å². The molecule has 2 aliphatic carbocycles. The number of hydrogen-bond donors (Lipinski definition) is 1. The van der Waals surface area contributed by atoms with E-state index in [1.54, 1.807) is 0 Å². The van der Waals surface area contributed by atoms with Crippen LogP contribution < -0.4 is 4.72 Å². The Balaban J connectivity index is 1.85. The molecule has 0 radical (unpaired) electrons. The molecule has 0 aromatic rings. The normalized spacial score (nSPS) is 30.7. The van der Waals surface area contributed by atoms with Gasteiger partial charge in [-0.15, -0.1) is 0 Å². The molecule has 2 saturated carbocycles. The molecule has 1 N–H and O–H groups in total. The van der Waals surface area contributed by atoms with Crippen LogP contribution in [0.15, 0.2) is 0 Å². The van der Waals surface area contributed by atoms with E-state index in [-0.39, 0.29) is 5.25 Å². The van der Waals surface area contributed by atoms with Crippen molar-refractivity contribution in [1.29, 1.82) is 0 Å². The van der Waals surface area contributed by atoms with Crippen molar-refractivity contribution in [2.45, 2.75) is 56.6 Å². The third-order valence-corrected chi connectivity index (χ3v) is 7.30. The van der Waals surface area contributed by atoms with Gasteiger partial charge in [0.05, 0.1) is 5.25 Å². The molecule has 18 heavy (non-hydrogen) atoms. The van der Waals surface area contributed by atoms with Crippen LogP contribution in [0, 0.1) is 11.8 Å². The van der Waals surface area contributed by atoms with E-state index in [0.717, 1.165) is 31.0 Å². The standard InChI is InChI=1S/C13H24BrNO2S/c14-9-11-5-1-2-6-12(11)10-15-18(16,17)13-7-3-4-8-13/h11-13,15H,1-10H2. The summed E-state index contributed by atoms with van der Waals surface area (Å²) >= 11 is 3.56. The van der Waals surface area contributed by atoms with E-state index in [1.807, 2.05) is 0 Å². The highest BCUT2D eigenvalue weighted by atomic mass is 79.9. The van der Waals surface area contributed by atoms with Gasteiger partial charge in [-0.3, -0.25) is 0 Å². The lowest BCUT2D eigenvalue weighted by Gasteiger charge is -2.30. The Bertz CT molecular complexity index is 352. The van der Waals surface area contributed by atoms with Crippen molar-refractivity contribution in [3.05, 3.63) is 0 Å². The maximum Gasteiger partial charge on any atom is 0.214 e. The van der Waals surface area contributed by atoms with Gasteiger partial charge in [0.15, 0.2) is 0 Å². The zero-order valence-electron chi connectivity index (χ0n) is 10.9. The van der Waals surface area contributed by atoms with Gasteiger partial charge in [0.1, 0.15) is 0 Å². The van der Waals surface area contributed by atoms with Crippen LogP contribution in [0.3, 0.4) is 0 Å². The highest BCUT2D eigenvalue weighted by molar-refractivity contribution is 9.09. The molecule has 2 rings (SSSR count). The van der Waals surface area contributed by atoms with Gasteiger partial charge < -0.3 is 0 Å². The Morgan fingerprint density at radius 2 is 1.50 bits per heavy atom. The van der Waals surface area contributed by atoms with Crippen LogP contribution in [-0.2, 0) is 10.0 Å². The summed E-state index contributed by atoms with van der Waals surface area (Å²) in [5.41, 5.74) is 0. The topological polar surface area (TPSA) is 46.2 Å². The van der Waals surface area contributed by atoms with Crippen LogP contribution in [0.25, 0.3) is 0 Å². The van der Waals surface area contributed by atoms with Crippen LogP contribution in [0.5, 0.6) is 0 Å². The molecule has 2 fully saturated rings. The second kappa shape index (κ2) is 6.71. The number of rotatable bonds is 5. The smallest absolute Gasteiger partial charge is 0.214 e. The SMILES string of the molecule is O=S(=O)(NCC1CCCCC1CBr)C1CCCC1. The van der Waals surface area contributed by atoms with Crippen LogP contribution in [0.2, 0.25) is 0 Å². The molecule has 2 unspecified atom stereocenters. The molecule has 0 aliphatic heterocycles. The molecular formula is C13H24BrNO2S. The van der Waals surface area contributed by atoms with E-state index in [2.05, 4.69) is 20.7 Å². The summed E-state index contributed by atoms with van der Waals surface area (Å²) in [5, 5.41) is 0.881. The van der Waals surface area contributed by atoms with E-state index in [9.17, 15) is 8.42 Å². The lowest BCUT2D eigenvalue weighted by Crippen LogP contribution is -2.39. The predicted molar refractivity (Wildman–Crippen MR) is 78.4 cm³/mol. The number of nitrogens with one attached hydrogen (secondary N) is 1. The summed E-state index contributed by atoms with van der Waals surface area (Å²) in [4.78, 5) is 0. The minimum atomic E-state index is -3.06. The second-order valence-corrected chi connectivity index (χ2v) is 8.45.